The molecular formula is C26H36N6O5S. The van der Waals surface area contributed by atoms with E-state index in [0.29, 0.717) is 62.2 Å². The van der Waals surface area contributed by atoms with E-state index in [4.69, 9.17) is 4.74 Å². The van der Waals surface area contributed by atoms with Crippen LogP contribution in [0.3, 0.4) is 0 Å². The van der Waals surface area contributed by atoms with Crippen molar-refractivity contribution in [1.82, 2.24) is 14.3 Å². The van der Waals surface area contributed by atoms with Gasteiger partial charge in [-0.05, 0) is 62.3 Å². The van der Waals surface area contributed by atoms with Crippen LogP contribution in [0.15, 0.2) is 35.4 Å². The zero-order chi connectivity index (χ0) is 26.5. The fraction of sp³-hybridized carbons (Fsp3) is 0.577. The SMILES string of the molecule is O=C(Nc1ccc(S(=O)(=O)N2CCOCC2)cc1)c1cnc(NCCC2CC2)nc1N[C@H]1CC[C@H](O)CC1. The molecule has 1 aromatic heterocycles. The van der Waals surface area contributed by atoms with E-state index in [0.717, 1.165) is 31.7 Å². The third kappa shape index (κ3) is 6.79. The molecule has 38 heavy (non-hydrogen) atoms. The van der Waals surface area contributed by atoms with E-state index in [1.54, 1.807) is 12.1 Å². The number of morpholine rings is 1. The molecule has 3 fully saturated rings. The quantitative estimate of drug-likeness (QED) is 0.355. The van der Waals surface area contributed by atoms with Crippen LogP contribution in [0, 0.1) is 5.92 Å². The molecule has 1 saturated heterocycles. The number of benzene rings is 1. The van der Waals surface area contributed by atoms with Gasteiger partial charge >= 0.3 is 0 Å². The first-order chi connectivity index (χ1) is 18.4. The molecule has 0 bridgehead atoms. The monoisotopic (exact) mass is 544 g/mol. The fourth-order valence-electron chi connectivity index (χ4n) is 4.80. The standard InChI is InChI=1S/C26H36N6O5S/c33-21-7-3-19(4-8-21)29-24-23(17-28-26(31-24)27-12-11-18-1-2-18)25(34)30-20-5-9-22(10-6-20)38(35,36)32-13-15-37-16-14-32/h5-6,9-10,17-19,21,33H,1-4,7-8,11-16H2,(H,30,34)(H2,27,28,29,31)/t19-,21-. The zero-order valence-electron chi connectivity index (χ0n) is 21.4. The van der Waals surface area contributed by atoms with Crippen molar-refractivity contribution in [2.24, 2.45) is 5.92 Å². The van der Waals surface area contributed by atoms with Crippen molar-refractivity contribution < 1.29 is 23.1 Å². The molecule has 1 aliphatic heterocycles. The molecule has 3 aliphatic rings. The highest BCUT2D eigenvalue weighted by Gasteiger charge is 2.27. The summed E-state index contributed by atoms with van der Waals surface area (Å²) < 4.78 is 32.4. The smallest absolute Gasteiger partial charge is 0.260 e. The van der Waals surface area contributed by atoms with E-state index < -0.39 is 15.9 Å². The number of anilines is 3. The van der Waals surface area contributed by atoms with E-state index in [-0.39, 0.29) is 17.0 Å². The van der Waals surface area contributed by atoms with Crippen LogP contribution in [0.25, 0.3) is 0 Å². The zero-order valence-corrected chi connectivity index (χ0v) is 22.3. The van der Waals surface area contributed by atoms with Gasteiger partial charge in [0, 0.05) is 37.6 Å². The lowest BCUT2D eigenvalue weighted by atomic mass is 9.93. The molecule has 0 unspecified atom stereocenters. The molecule has 5 rings (SSSR count). The number of rotatable bonds is 10. The summed E-state index contributed by atoms with van der Waals surface area (Å²) in [5.41, 5.74) is 0.767. The number of ether oxygens (including phenoxy) is 1. The number of carbonyl (C=O) groups is 1. The van der Waals surface area contributed by atoms with Gasteiger partial charge in [-0.25, -0.2) is 13.4 Å². The lowest BCUT2D eigenvalue weighted by Gasteiger charge is -2.27. The first-order valence-electron chi connectivity index (χ1n) is 13.4. The van der Waals surface area contributed by atoms with E-state index in [1.165, 1.54) is 35.5 Å². The van der Waals surface area contributed by atoms with Gasteiger partial charge in [-0.1, -0.05) is 12.8 Å². The minimum atomic E-state index is -3.61. The van der Waals surface area contributed by atoms with Crippen LogP contribution in [0.1, 0.15) is 55.3 Å². The average Bonchev–Trinajstić information content (AvgIpc) is 3.75. The van der Waals surface area contributed by atoms with Crippen molar-refractivity contribution >= 4 is 33.4 Å². The summed E-state index contributed by atoms with van der Waals surface area (Å²) in [5, 5.41) is 19.4. The van der Waals surface area contributed by atoms with E-state index in [2.05, 4.69) is 25.9 Å². The number of aliphatic hydroxyl groups excluding tert-OH is 1. The molecule has 206 valence electrons. The van der Waals surface area contributed by atoms with Gasteiger partial charge in [0.2, 0.25) is 16.0 Å². The summed E-state index contributed by atoms with van der Waals surface area (Å²) in [6, 6.07) is 6.25. The molecule has 12 heteroatoms. The van der Waals surface area contributed by atoms with Crippen LogP contribution >= 0.6 is 0 Å². The highest BCUT2D eigenvalue weighted by atomic mass is 32.2. The Kier molecular flexibility index (Phi) is 8.42. The van der Waals surface area contributed by atoms with Crippen LogP contribution in [-0.2, 0) is 14.8 Å². The first kappa shape index (κ1) is 26.8. The number of nitrogens with zero attached hydrogens (tertiary/aromatic N) is 3. The van der Waals surface area contributed by atoms with Gasteiger partial charge in [-0.2, -0.15) is 9.29 Å². The molecule has 4 N–H and O–H groups in total. The summed E-state index contributed by atoms with van der Waals surface area (Å²) in [5.74, 6) is 1.31. The highest BCUT2D eigenvalue weighted by Crippen LogP contribution is 2.32. The van der Waals surface area contributed by atoms with Gasteiger partial charge in [0.15, 0.2) is 0 Å². The molecule has 0 spiro atoms. The second-order valence-electron chi connectivity index (χ2n) is 10.3. The maximum Gasteiger partial charge on any atom is 0.260 e. The van der Waals surface area contributed by atoms with E-state index >= 15 is 0 Å². The highest BCUT2D eigenvalue weighted by molar-refractivity contribution is 7.89. The summed E-state index contributed by atoms with van der Waals surface area (Å²) in [7, 11) is -3.61. The van der Waals surface area contributed by atoms with E-state index in [1.807, 2.05) is 0 Å². The Morgan fingerprint density at radius 3 is 2.45 bits per heavy atom. The summed E-state index contributed by atoms with van der Waals surface area (Å²) in [6.45, 7) is 2.18. The molecule has 0 atom stereocenters. The lowest BCUT2D eigenvalue weighted by Crippen LogP contribution is -2.40. The number of nitrogens with one attached hydrogen (secondary N) is 3. The van der Waals surface area contributed by atoms with Gasteiger partial charge in [-0.3, -0.25) is 4.79 Å². The van der Waals surface area contributed by atoms with Gasteiger partial charge < -0.3 is 25.8 Å². The number of sulfonamides is 1. The Balaban J connectivity index is 1.28. The van der Waals surface area contributed by atoms with Gasteiger partial charge in [0.25, 0.3) is 5.91 Å². The van der Waals surface area contributed by atoms with Gasteiger partial charge in [0.1, 0.15) is 11.4 Å². The third-order valence-corrected chi connectivity index (χ3v) is 9.24. The Labute approximate surface area is 223 Å². The molecule has 2 saturated carbocycles. The Hall–Kier alpha value is -2.80. The predicted octanol–water partition coefficient (Wildman–Crippen LogP) is 2.68. The average molecular weight is 545 g/mol. The number of aromatic nitrogens is 2. The second-order valence-corrected chi connectivity index (χ2v) is 12.2. The van der Waals surface area contributed by atoms with Gasteiger partial charge in [-0.15, -0.1) is 0 Å². The predicted molar refractivity (Wildman–Crippen MR) is 144 cm³/mol. The fourth-order valence-corrected chi connectivity index (χ4v) is 6.20. The lowest BCUT2D eigenvalue weighted by molar-refractivity contribution is 0.0730. The van der Waals surface area contributed by atoms with Crippen LogP contribution in [0.5, 0.6) is 0 Å². The van der Waals surface area contributed by atoms with Crippen molar-refractivity contribution in [1.29, 1.82) is 0 Å². The maximum absolute atomic E-state index is 13.2. The van der Waals surface area contributed by atoms with Crippen molar-refractivity contribution in [2.45, 2.75) is 62.0 Å². The molecule has 11 nitrogen and oxygen atoms in total. The third-order valence-electron chi connectivity index (χ3n) is 7.32. The minimum absolute atomic E-state index is 0.101. The van der Waals surface area contributed by atoms with Crippen LogP contribution in [-0.4, -0.2) is 78.7 Å². The number of aliphatic hydroxyl groups is 1. The Bertz CT molecular complexity index is 1210. The van der Waals surface area contributed by atoms with E-state index in [9.17, 15) is 18.3 Å². The summed E-state index contributed by atoms with van der Waals surface area (Å²) in [6.07, 6.45) is 7.85. The summed E-state index contributed by atoms with van der Waals surface area (Å²) >= 11 is 0. The molecule has 1 aromatic carbocycles. The molecular weight excluding hydrogens is 508 g/mol. The van der Waals surface area contributed by atoms with Crippen molar-refractivity contribution in [3.63, 3.8) is 0 Å². The molecule has 2 aromatic rings. The first-order valence-corrected chi connectivity index (χ1v) is 14.9. The molecule has 2 aliphatic carbocycles. The van der Waals surface area contributed by atoms with Crippen LogP contribution in [0.2, 0.25) is 0 Å². The largest absolute Gasteiger partial charge is 0.393 e. The molecule has 1 amide bonds. The Morgan fingerprint density at radius 1 is 1.05 bits per heavy atom. The topological polar surface area (TPSA) is 146 Å². The molecule has 0 radical (unpaired) electrons. The number of hydrogen-bond donors (Lipinski definition) is 4. The number of carbonyl (C=O) groups excluding carboxylic acids is 1. The van der Waals surface area contributed by atoms with Crippen LogP contribution < -0.4 is 16.0 Å². The van der Waals surface area contributed by atoms with Crippen molar-refractivity contribution in [2.75, 3.05) is 48.8 Å². The minimum Gasteiger partial charge on any atom is -0.393 e. The summed E-state index contributed by atoms with van der Waals surface area (Å²) in [4.78, 5) is 22.4. The normalized spacial score (nSPS) is 22.6. The van der Waals surface area contributed by atoms with Crippen LogP contribution in [0.4, 0.5) is 17.5 Å². The second kappa shape index (κ2) is 11.9. The number of hydrogen-bond acceptors (Lipinski definition) is 9. The number of amides is 1. The van der Waals surface area contributed by atoms with Crippen molar-refractivity contribution in [3.8, 4) is 0 Å². The van der Waals surface area contributed by atoms with Gasteiger partial charge in [0.05, 0.1) is 24.2 Å². The van der Waals surface area contributed by atoms with Crippen molar-refractivity contribution in [3.05, 3.63) is 36.0 Å². The molecule has 2 heterocycles. The Morgan fingerprint density at radius 2 is 1.76 bits per heavy atom. The maximum atomic E-state index is 13.2.